The third-order valence-corrected chi connectivity index (χ3v) is 15.6. The number of aromatic nitrogens is 1. The van der Waals surface area contributed by atoms with Crippen LogP contribution >= 0.6 is 0 Å². The summed E-state index contributed by atoms with van der Waals surface area (Å²) in [5.74, 6) is 0.289. The van der Waals surface area contributed by atoms with Gasteiger partial charge in [-0.3, -0.25) is 0 Å². The Labute approximate surface area is 445 Å². The van der Waals surface area contributed by atoms with Crippen LogP contribution in [0.1, 0.15) is 12.8 Å². The van der Waals surface area contributed by atoms with E-state index >= 15 is 0 Å². The van der Waals surface area contributed by atoms with Crippen molar-refractivity contribution in [2.75, 3.05) is 14.7 Å². The minimum atomic E-state index is 0.265. The van der Waals surface area contributed by atoms with Gasteiger partial charge >= 0.3 is 0 Å². The fourth-order valence-electron chi connectivity index (χ4n) is 12.0. The second-order valence-electron chi connectivity index (χ2n) is 20.0. The van der Waals surface area contributed by atoms with Crippen LogP contribution in [0.4, 0.5) is 34.1 Å². The van der Waals surface area contributed by atoms with Gasteiger partial charge in [-0.2, -0.15) is 0 Å². The highest BCUT2D eigenvalue weighted by Crippen LogP contribution is 2.48. The van der Waals surface area contributed by atoms with Gasteiger partial charge in [0.1, 0.15) is 0 Å². The topological polar surface area (TPSA) is 14.7 Å². The van der Waals surface area contributed by atoms with Crippen molar-refractivity contribution in [1.82, 2.24) is 4.57 Å². The van der Waals surface area contributed by atoms with Crippen LogP contribution in [0.2, 0.25) is 0 Å². The zero-order valence-corrected chi connectivity index (χ0v) is 42.1. The first-order valence-corrected chi connectivity index (χ1v) is 26.5. The molecule has 0 radical (unpaired) electrons. The molecule has 76 heavy (non-hydrogen) atoms. The number of nitrogens with zero attached hydrogens (tertiary/aromatic N) is 4. The summed E-state index contributed by atoms with van der Waals surface area (Å²) in [6.07, 6.45) is 13.6. The van der Waals surface area contributed by atoms with Crippen LogP contribution in [0.5, 0.6) is 0 Å². The lowest BCUT2D eigenvalue weighted by atomic mass is 9.87. The van der Waals surface area contributed by atoms with E-state index in [2.05, 4.69) is 311 Å². The molecule has 0 spiro atoms. The molecule has 0 fully saturated rings. The molecular weight excluding hydrogens is 921 g/mol. The number of fused-ring (bicyclic) bond motifs is 5. The Balaban J connectivity index is 0.824. The Bertz CT molecular complexity index is 4000. The van der Waals surface area contributed by atoms with E-state index in [0.717, 1.165) is 52.5 Å². The van der Waals surface area contributed by atoms with Crippen LogP contribution < -0.4 is 14.7 Å². The molecule has 1 aromatic heterocycles. The molecular formula is C72H54N4. The van der Waals surface area contributed by atoms with Gasteiger partial charge in [0, 0.05) is 67.9 Å². The molecule has 362 valence electrons. The molecule has 0 saturated heterocycles. The Morgan fingerprint density at radius 2 is 0.776 bits per heavy atom. The smallest absolute Gasteiger partial charge is 0.0626 e. The number of rotatable bonds is 11. The monoisotopic (exact) mass is 974 g/mol. The Kier molecular flexibility index (Phi) is 11.4. The van der Waals surface area contributed by atoms with Crippen molar-refractivity contribution in [2.24, 2.45) is 5.92 Å². The zero-order chi connectivity index (χ0) is 50.4. The SMILES string of the molecule is C1=CC2C3=C(CCC(N(c4ccc(-c5ccccc5)cc4)c4ccc(-c5ccc(N(c6ccc(-c7ccccc7)cc6)c6ccc7c(c6)c6ccccc6n7-c6ccccc6)cc5)cc4)=C3)N(c3ccccc3)C2C=C1. The third kappa shape index (κ3) is 8.12. The van der Waals surface area contributed by atoms with Crippen molar-refractivity contribution < 1.29 is 0 Å². The van der Waals surface area contributed by atoms with Gasteiger partial charge in [0.2, 0.25) is 0 Å². The van der Waals surface area contributed by atoms with Crippen LogP contribution in [-0.4, -0.2) is 10.6 Å². The van der Waals surface area contributed by atoms with Crippen LogP contribution in [0.3, 0.4) is 0 Å². The number of para-hydroxylation sites is 3. The molecule has 1 aliphatic heterocycles. The van der Waals surface area contributed by atoms with Crippen LogP contribution in [0.25, 0.3) is 60.9 Å². The largest absolute Gasteiger partial charge is 0.337 e. The molecule has 0 bridgehead atoms. The van der Waals surface area contributed by atoms with E-state index in [1.807, 2.05) is 0 Å². The summed E-state index contributed by atoms with van der Waals surface area (Å²) in [6.45, 7) is 0. The molecule has 2 unspecified atom stereocenters. The molecule has 14 rings (SSSR count). The average Bonchev–Trinajstić information content (AvgIpc) is 4.04. The van der Waals surface area contributed by atoms with Crippen molar-refractivity contribution in [2.45, 2.75) is 18.9 Å². The van der Waals surface area contributed by atoms with Crippen LogP contribution in [-0.2, 0) is 0 Å². The van der Waals surface area contributed by atoms with E-state index in [-0.39, 0.29) is 12.0 Å². The molecule has 11 aromatic rings. The molecule has 3 aliphatic rings. The van der Waals surface area contributed by atoms with Crippen molar-refractivity contribution in [3.63, 3.8) is 0 Å². The van der Waals surface area contributed by atoms with E-state index in [1.165, 1.54) is 72.3 Å². The highest BCUT2D eigenvalue weighted by Gasteiger charge is 2.40. The van der Waals surface area contributed by atoms with Crippen molar-refractivity contribution >= 4 is 55.9 Å². The lowest BCUT2D eigenvalue weighted by Crippen LogP contribution is -2.32. The lowest BCUT2D eigenvalue weighted by molar-refractivity contribution is 0.681. The van der Waals surface area contributed by atoms with Crippen LogP contribution in [0, 0.1) is 5.92 Å². The first-order chi connectivity index (χ1) is 37.7. The standard InChI is InChI=1S/C72H54N4/c1-5-17-51(18-6-1)53-29-37-59(38-30-53)73(63-45-47-71-67(49-63)65-25-13-15-27-69(65)75(71)57-21-9-3-10-22-57)61-41-33-55(34-42-61)56-35-43-62(44-36-56)74(60-39-31-54(32-40-60)52-19-7-2-8-20-52)64-46-48-72-68(50-64)66-26-14-16-28-70(66)76(72)58-23-11-4-12-24-58/h1-45,47,49-50,66,70H,46,48H2. The number of hydrogen-bond donors (Lipinski definition) is 0. The summed E-state index contributed by atoms with van der Waals surface area (Å²) >= 11 is 0. The summed E-state index contributed by atoms with van der Waals surface area (Å²) in [6, 6.07) is 95.2. The minimum Gasteiger partial charge on any atom is -0.337 e. The maximum Gasteiger partial charge on any atom is 0.0626 e. The van der Waals surface area contributed by atoms with Gasteiger partial charge in [0.05, 0.1) is 17.1 Å². The number of benzene rings is 10. The fourth-order valence-corrected chi connectivity index (χ4v) is 12.0. The minimum absolute atomic E-state index is 0.265. The maximum absolute atomic E-state index is 2.58. The van der Waals surface area contributed by atoms with Crippen LogP contribution in [0.15, 0.2) is 308 Å². The number of allylic oxidation sites excluding steroid dienone is 5. The van der Waals surface area contributed by atoms with Gasteiger partial charge in [-0.1, -0.05) is 188 Å². The predicted octanol–water partition coefficient (Wildman–Crippen LogP) is 19.0. The predicted molar refractivity (Wildman–Crippen MR) is 319 cm³/mol. The maximum atomic E-state index is 2.58. The number of hydrogen-bond acceptors (Lipinski definition) is 3. The van der Waals surface area contributed by atoms with Gasteiger partial charge in [-0.15, -0.1) is 0 Å². The third-order valence-electron chi connectivity index (χ3n) is 15.6. The second-order valence-corrected chi connectivity index (χ2v) is 20.0. The quantitative estimate of drug-likeness (QED) is 0.128. The molecule has 0 amide bonds. The molecule has 0 saturated carbocycles. The first-order valence-electron chi connectivity index (χ1n) is 26.5. The molecule has 2 atom stereocenters. The molecule has 4 nitrogen and oxygen atoms in total. The second kappa shape index (κ2) is 19.3. The van der Waals surface area contributed by atoms with Gasteiger partial charge < -0.3 is 19.3 Å². The first kappa shape index (κ1) is 45.0. The van der Waals surface area contributed by atoms with E-state index < -0.39 is 0 Å². The van der Waals surface area contributed by atoms with Gasteiger partial charge in [0.15, 0.2) is 0 Å². The highest BCUT2D eigenvalue weighted by atomic mass is 15.2. The summed E-state index contributed by atoms with van der Waals surface area (Å²) in [4.78, 5) is 7.46. The molecule has 0 N–H and O–H groups in total. The molecule has 2 aliphatic carbocycles. The molecule has 4 heteroatoms. The van der Waals surface area contributed by atoms with E-state index in [0.29, 0.717) is 0 Å². The Hall–Kier alpha value is -9.64. The lowest BCUT2D eigenvalue weighted by Gasteiger charge is -2.33. The van der Waals surface area contributed by atoms with Gasteiger partial charge in [0.25, 0.3) is 0 Å². The Morgan fingerprint density at radius 3 is 1.33 bits per heavy atom. The summed E-state index contributed by atoms with van der Waals surface area (Å²) in [5, 5.41) is 2.44. The van der Waals surface area contributed by atoms with Crippen molar-refractivity contribution in [3.05, 3.63) is 308 Å². The fraction of sp³-hybridized carbons (Fsp3) is 0.0556. The normalized spacial score (nSPS) is 15.7. The van der Waals surface area contributed by atoms with E-state index in [1.54, 1.807) is 0 Å². The summed E-state index contributed by atoms with van der Waals surface area (Å²) in [5.41, 5.74) is 21.7. The average molecular weight is 975 g/mol. The van der Waals surface area contributed by atoms with Gasteiger partial charge in [-0.05, 0) is 155 Å². The summed E-state index contributed by atoms with van der Waals surface area (Å²) < 4.78 is 2.38. The number of anilines is 6. The van der Waals surface area contributed by atoms with Crippen molar-refractivity contribution in [1.29, 1.82) is 0 Å². The van der Waals surface area contributed by atoms with Gasteiger partial charge in [-0.25, -0.2) is 0 Å². The highest BCUT2D eigenvalue weighted by molar-refractivity contribution is 6.10. The van der Waals surface area contributed by atoms with Crippen molar-refractivity contribution in [3.8, 4) is 39.1 Å². The molecule has 2 heterocycles. The van der Waals surface area contributed by atoms with E-state index in [9.17, 15) is 0 Å². The summed E-state index contributed by atoms with van der Waals surface area (Å²) in [7, 11) is 0. The molecule has 10 aromatic carbocycles. The zero-order valence-electron chi connectivity index (χ0n) is 42.1. The van der Waals surface area contributed by atoms with E-state index in [4.69, 9.17) is 0 Å². The Morgan fingerprint density at radius 1 is 0.342 bits per heavy atom.